The van der Waals surface area contributed by atoms with E-state index in [0.29, 0.717) is 16.3 Å². The lowest BCUT2D eigenvalue weighted by atomic mass is 9.90. The molecular formula is C24H18ClN3O5. The van der Waals surface area contributed by atoms with E-state index in [1.165, 1.54) is 28.2 Å². The topological polar surface area (TPSA) is 93.0 Å². The van der Waals surface area contributed by atoms with Crippen molar-refractivity contribution in [3.05, 3.63) is 105 Å². The lowest BCUT2D eigenvalue weighted by molar-refractivity contribution is -0.384. The van der Waals surface area contributed by atoms with Gasteiger partial charge in [0.25, 0.3) is 11.6 Å². The van der Waals surface area contributed by atoms with Crippen molar-refractivity contribution in [2.45, 2.75) is 18.7 Å². The van der Waals surface area contributed by atoms with Crippen LogP contribution in [0.4, 0.5) is 11.4 Å². The summed E-state index contributed by atoms with van der Waals surface area (Å²) in [7, 11) is 0. The minimum atomic E-state index is -1.05. The van der Waals surface area contributed by atoms with E-state index in [9.17, 15) is 19.7 Å². The maximum atomic E-state index is 13.5. The van der Waals surface area contributed by atoms with E-state index < -0.39 is 28.9 Å². The molecule has 3 aromatic carbocycles. The summed E-state index contributed by atoms with van der Waals surface area (Å²) in [5.41, 5.74) is 1.65. The van der Waals surface area contributed by atoms with Crippen LogP contribution in [0.25, 0.3) is 0 Å². The summed E-state index contributed by atoms with van der Waals surface area (Å²) in [4.78, 5) is 44.7. The van der Waals surface area contributed by atoms with Crippen LogP contribution in [0.15, 0.2) is 78.9 Å². The number of amides is 2. The first-order chi connectivity index (χ1) is 16.0. The number of hydrogen-bond acceptors (Lipinski definition) is 6. The van der Waals surface area contributed by atoms with Gasteiger partial charge in [-0.05, 0) is 23.3 Å². The third kappa shape index (κ3) is 3.63. The van der Waals surface area contributed by atoms with Gasteiger partial charge in [0.15, 0.2) is 6.10 Å². The smallest absolute Gasteiger partial charge is 0.271 e. The second-order valence-electron chi connectivity index (χ2n) is 7.87. The van der Waals surface area contributed by atoms with Crippen molar-refractivity contribution in [2.24, 2.45) is 5.92 Å². The molecule has 0 aromatic heterocycles. The predicted molar refractivity (Wildman–Crippen MR) is 120 cm³/mol. The maximum absolute atomic E-state index is 13.5. The van der Waals surface area contributed by atoms with Crippen LogP contribution in [0.1, 0.15) is 17.2 Å². The highest BCUT2D eigenvalue weighted by Gasteiger charge is 2.60. The highest BCUT2D eigenvalue weighted by Crippen LogP contribution is 2.48. The van der Waals surface area contributed by atoms with Crippen molar-refractivity contribution in [3.8, 4) is 0 Å². The zero-order valence-electron chi connectivity index (χ0n) is 17.2. The Kier molecular flexibility index (Phi) is 5.32. The first-order valence-electron chi connectivity index (χ1n) is 10.3. The fraction of sp³-hybridized carbons (Fsp3) is 0.167. The van der Waals surface area contributed by atoms with E-state index in [4.69, 9.17) is 16.4 Å². The standard InChI is InChI=1S/C24H18ClN3O5/c25-19-12-5-4-11-18(19)21-20-22(33-27(21)16-9-6-10-17(13-16)28(31)32)24(30)26(23(20)29)14-15-7-2-1-3-8-15/h1-13,20-22H,14H2/t20-,21-,22+/m1/s1. The minimum Gasteiger partial charge on any atom is -0.275 e. The van der Waals surface area contributed by atoms with Gasteiger partial charge in [-0.3, -0.25) is 29.4 Å². The van der Waals surface area contributed by atoms with Gasteiger partial charge in [0.2, 0.25) is 5.91 Å². The maximum Gasteiger partial charge on any atom is 0.271 e. The number of imide groups is 1. The summed E-state index contributed by atoms with van der Waals surface area (Å²) in [5.74, 6) is -1.66. The zero-order valence-corrected chi connectivity index (χ0v) is 18.0. The molecule has 3 aromatic rings. The molecule has 0 aliphatic carbocycles. The van der Waals surface area contributed by atoms with Crippen LogP contribution < -0.4 is 5.06 Å². The van der Waals surface area contributed by atoms with Crippen LogP contribution in [0, 0.1) is 16.0 Å². The van der Waals surface area contributed by atoms with Gasteiger partial charge in [-0.25, -0.2) is 5.06 Å². The van der Waals surface area contributed by atoms with E-state index in [2.05, 4.69) is 0 Å². The molecule has 2 amide bonds. The second-order valence-corrected chi connectivity index (χ2v) is 8.28. The van der Waals surface area contributed by atoms with Gasteiger partial charge < -0.3 is 0 Å². The number of rotatable bonds is 5. The molecule has 3 atom stereocenters. The Hall–Kier alpha value is -3.75. The summed E-state index contributed by atoms with van der Waals surface area (Å²) in [5, 5.41) is 13.1. The van der Waals surface area contributed by atoms with Crippen molar-refractivity contribution in [1.29, 1.82) is 0 Å². The van der Waals surface area contributed by atoms with E-state index >= 15 is 0 Å². The minimum absolute atomic E-state index is 0.130. The van der Waals surface area contributed by atoms with Crippen molar-refractivity contribution in [2.75, 3.05) is 5.06 Å². The van der Waals surface area contributed by atoms with Gasteiger partial charge in [-0.2, -0.15) is 0 Å². The Morgan fingerprint density at radius 3 is 2.39 bits per heavy atom. The van der Waals surface area contributed by atoms with Crippen LogP contribution >= 0.6 is 11.6 Å². The average molecular weight is 464 g/mol. The zero-order chi connectivity index (χ0) is 23.1. The van der Waals surface area contributed by atoms with Crippen LogP contribution in [0.5, 0.6) is 0 Å². The fourth-order valence-corrected chi connectivity index (χ4v) is 4.64. The van der Waals surface area contributed by atoms with Crippen molar-refractivity contribution >= 4 is 34.8 Å². The lowest BCUT2D eigenvalue weighted by Crippen LogP contribution is -2.37. The Morgan fingerprint density at radius 2 is 1.67 bits per heavy atom. The third-order valence-corrected chi connectivity index (χ3v) is 6.25. The van der Waals surface area contributed by atoms with Gasteiger partial charge >= 0.3 is 0 Å². The number of nitrogens with zero attached hydrogens (tertiary/aromatic N) is 3. The largest absolute Gasteiger partial charge is 0.275 e. The molecule has 0 N–H and O–H groups in total. The van der Waals surface area contributed by atoms with Crippen molar-refractivity contribution < 1.29 is 19.3 Å². The number of anilines is 1. The van der Waals surface area contributed by atoms with Crippen LogP contribution in [-0.4, -0.2) is 27.7 Å². The molecular weight excluding hydrogens is 446 g/mol. The van der Waals surface area contributed by atoms with E-state index in [1.54, 1.807) is 30.3 Å². The number of hydroxylamine groups is 1. The molecule has 2 saturated heterocycles. The van der Waals surface area contributed by atoms with Crippen LogP contribution in [0.3, 0.4) is 0 Å². The monoisotopic (exact) mass is 463 g/mol. The molecule has 33 heavy (non-hydrogen) atoms. The molecule has 0 radical (unpaired) electrons. The molecule has 0 saturated carbocycles. The van der Waals surface area contributed by atoms with Gasteiger partial charge in [0, 0.05) is 17.2 Å². The number of fused-ring (bicyclic) bond motifs is 1. The van der Waals surface area contributed by atoms with Crippen LogP contribution in [0.2, 0.25) is 5.02 Å². The summed E-state index contributed by atoms with van der Waals surface area (Å²) < 4.78 is 0. The number of non-ortho nitro benzene ring substituents is 1. The van der Waals surface area contributed by atoms with Gasteiger partial charge in [0.1, 0.15) is 5.92 Å². The predicted octanol–water partition coefficient (Wildman–Crippen LogP) is 4.29. The number of carbonyl (C=O) groups excluding carboxylic acids is 2. The van der Waals surface area contributed by atoms with E-state index in [-0.39, 0.29) is 18.1 Å². The first kappa shape index (κ1) is 21.1. The molecule has 0 bridgehead atoms. The molecule has 166 valence electrons. The third-order valence-electron chi connectivity index (χ3n) is 5.91. The number of likely N-dealkylation sites (tertiary alicyclic amines) is 1. The summed E-state index contributed by atoms with van der Waals surface area (Å²) in [6, 6.07) is 21.4. The van der Waals surface area contributed by atoms with E-state index in [1.807, 2.05) is 30.3 Å². The highest BCUT2D eigenvalue weighted by molar-refractivity contribution is 6.31. The SMILES string of the molecule is O=C1[C@H]2[C@H](ON(c3cccc([N+](=O)[O-])c3)[C@@H]2c2ccccc2Cl)C(=O)N1Cc1ccccc1. The highest BCUT2D eigenvalue weighted by atomic mass is 35.5. The molecule has 2 aliphatic rings. The van der Waals surface area contributed by atoms with E-state index in [0.717, 1.165) is 5.56 Å². The number of nitro benzene ring substituents is 1. The van der Waals surface area contributed by atoms with Gasteiger partial charge in [-0.15, -0.1) is 0 Å². The summed E-state index contributed by atoms with van der Waals surface area (Å²) >= 11 is 6.48. The first-order valence-corrected chi connectivity index (χ1v) is 10.7. The molecule has 8 nitrogen and oxygen atoms in total. The average Bonchev–Trinajstić information content (AvgIpc) is 3.32. The molecule has 2 fully saturated rings. The molecule has 0 spiro atoms. The molecule has 5 rings (SSSR count). The number of benzene rings is 3. The van der Waals surface area contributed by atoms with Crippen molar-refractivity contribution in [3.63, 3.8) is 0 Å². The molecule has 0 unspecified atom stereocenters. The normalized spacial score (nSPS) is 22.0. The van der Waals surface area contributed by atoms with Gasteiger partial charge in [-0.1, -0.05) is 66.2 Å². The number of halogens is 1. The Morgan fingerprint density at radius 1 is 0.939 bits per heavy atom. The Balaban J connectivity index is 1.56. The summed E-state index contributed by atoms with van der Waals surface area (Å²) in [6.07, 6.45) is -1.05. The number of hydrogen-bond donors (Lipinski definition) is 0. The molecule has 2 heterocycles. The number of nitro groups is 1. The fourth-order valence-electron chi connectivity index (χ4n) is 4.39. The Labute approximate surface area is 194 Å². The second kappa shape index (κ2) is 8.31. The van der Waals surface area contributed by atoms with Crippen LogP contribution in [-0.2, 0) is 21.0 Å². The van der Waals surface area contributed by atoms with Crippen molar-refractivity contribution in [1.82, 2.24) is 4.90 Å². The molecule has 2 aliphatic heterocycles. The Bertz CT molecular complexity index is 1250. The number of carbonyl (C=O) groups is 2. The summed E-state index contributed by atoms with van der Waals surface area (Å²) in [6.45, 7) is 0.140. The molecule has 9 heteroatoms. The quantitative estimate of drug-likeness (QED) is 0.318. The lowest BCUT2D eigenvalue weighted by Gasteiger charge is -2.29. The van der Waals surface area contributed by atoms with Gasteiger partial charge in [0.05, 0.1) is 23.2 Å².